The van der Waals surface area contributed by atoms with Gasteiger partial charge in [-0.05, 0) is 35.9 Å². The van der Waals surface area contributed by atoms with Gasteiger partial charge in [0, 0.05) is 31.0 Å². The van der Waals surface area contributed by atoms with Crippen LogP contribution in [0.4, 0.5) is 28.9 Å². The number of anilines is 2. The molecule has 152 valence electrons. The van der Waals surface area contributed by atoms with E-state index in [0.29, 0.717) is 0 Å². The Hall–Kier alpha value is -3.81. The Morgan fingerprint density at radius 2 is 1.73 bits per heavy atom. The van der Waals surface area contributed by atoms with Crippen LogP contribution in [-0.4, -0.2) is 18.1 Å². The van der Waals surface area contributed by atoms with Gasteiger partial charge in [-0.1, -0.05) is 12.1 Å². The van der Waals surface area contributed by atoms with E-state index in [1.165, 1.54) is 37.5 Å². The van der Waals surface area contributed by atoms with E-state index in [2.05, 4.69) is 4.99 Å². The lowest BCUT2D eigenvalue weighted by Gasteiger charge is -2.24. The molecular formula is C22H14F4N2O2. The lowest BCUT2D eigenvalue weighted by atomic mass is 10.0. The molecule has 8 heteroatoms. The summed E-state index contributed by atoms with van der Waals surface area (Å²) < 4.78 is 63.5. The number of hydrogen-bond acceptors (Lipinski definition) is 4. The first-order chi connectivity index (χ1) is 14.3. The number of phenolic OH excluding ortho intramolecular Hbond substituents is 1. The number of rotatable bonds is 4. The van der Waals surface area contributed by atoms with Gasteiger partial charge >= 0.3 is 0 Å². The van der Waals surface area contributed by atoms with Gasteiger partial charge in [0.15, 0.2) is 17.4 Å². The van der Waals surface area contributed by atoms with Crippen molar-refractivity contribution in [3.8, 4) is 22.6 Å². The van der Waals surface area contributed by atoms with Gasteiger partial charge in [-0.2, -0.15) is 0 Å². The minimum atomic E-state index is -1.07. The van der Waals surface area contributed by atoms with Crippen LogP contribution in [0.25, 0.3) is 11.1 Å². The van der Waals surface area contributed by atoms with Crippen molar-refractivity contribution in [2.24, 2.45) is 4.99 Å². The summed E-state index contributed by atoms with van der Waals surface area (Å²) >= 11 is 0. The van der Waals surface area contributed by atoms with Crippen molar-refractivity contribution in [3.63, 3.8) is 0 Å². The second-order valence-electron chi connectivity index (χ2n) is 6.49. The maximum atomic E-state index is 15.3. The van der Waals surface area contributed by atoms with Crippen molar-refractivity contribution in [2.45, 2.75) is 0 Å². The summed E-state index contributed by atoms with van der Waals surface area (Å²) in [6.07, 6.45) is 2.94. The Bertz CT molecular complexity index is 1210. The molecule has 0 unspecified atom stereocenters. The average Bonchev–Trinajstić information content (AvgIpc) is 2.67. The average molecular weight is 414 g/mol. The fraction of sp³-hybridized carbons (Fsp3) is 0.0455. The molecule has 3 aromatic rings. The van der Waals surface area contributed by atoms with E-state index in [1.807, 2.05) is 0 Å². The molecule has 0 radical (unpaired) electrons. The second kappa shape index (κ2) is 7.55. The van der Waals surface area contributed by atoms with Crippen LogP contribution in [0.3, 0.4) is 0 Å². The summed E-state index contributed by atoms with van der Waals surface area (Å²) in [7, 11) is 1.24. The van der Waals surface area contributed by atoms with Crippen LogP contribution in [0.1, 0.15) is 0 Å². The summed E-state index contributed by atoms with van der Waals surface area (Å²) in [5, 5.41) is 10.1. The zero-order valence-corrected chi connectivity index (χ0v) is 15.5. The lowest BCUT2D eigenvalue weighted by molar-refractivity contribution is 0.473. The molecule has 1 N–H and O–H groups in total. The van der Waals surface area contributed by atoms with Gasteiger partial charge in [0.1, 0.15) is 23.1 Å². The first-order valence-electron chi connectivity index (χ1n) is 8.77. The molecule has 3 aromatic carbocycles. The zero-order chi connectivity index (χ0) is 21.4. The Labute approximate surface area is 169 Å². The third-order valence-electron chi connectivity index (χ3n) is 4.54. The van der Waals surface area contributed by atoms with Crippen LogP contribution in [-0.2, 0) is 0 Å². The normalized spacial score (nSPS) is 12.4. The number of hydrogen-bond donors (Lipinski definition) is 1. The van der Waals surface area contributed by atoms with Crippen molar-refractivity contribution in [1.29, 1.82) is 0 Å². The van der Waals surface area contributed by atoms with Gasteiger partial charge in [-0.15, -0.1) is 0 Å². The van der Waals surface area contributed by atoms with Gasteiger partial charge in [0.2, 0.25) is 5.90 Å². The molecule has 0 saturated carbocycles. The van der Waals surface area contributed by atoms with Gasteiger partial charge in [-0.3, -0.25) is 0 Å². The molecule has 1 aliphatic rings. The predicted octanol–water partition coefficient (Wildman–Crippen LogP) is 5.69. The van der Waals surface area contributed by atoms with Crippen LogP contribution in [0.2, 0.25) is 0 Å². The van der Waals surface area contributed by atoms with Crippen molar-refractivity contribution < 1.29 is 27.4 Å². The maximum absolute atomic E-state index is 15.3. The minimum Gasteiger partial charge on any atom is -0.508 e. The molecule has 0 amide bonds. The summed E-state index contributed by atoms with van der Waals surface area (Å²) in [5.41, 5.74) is -0.874. The second-order valence-corrected chi connectivity index (χ2v) is 6.49. The third-order valence-corrected chi connectivity index (χ3v) is 4.54. The Morgan fingerprint density at radius 1 is 0.967 bits per heavy atom. The smallest absolute Gasteiger partial charge is 0.220 e. The van der Waals surface area contributed by atoms with Crippen molar-refractivity contribution in [3.05, 3.63) is 84.1 Å². The van der Waals surface area contributed by atoms with Crippen LogP contribution in [0.5, 0.6) is 11.5 Å². The number of ether oxygens (including phenoxy) is 1. The van der Waals surface area contributed by atoms with Crippen LogP contribution in [0.15, 0.2) is 65.8 Å². The largest absolute Gasteiger partial charge is 0.508 e. The van der Waals surface area contributed by atoms with Crippen molar-refractivity contribution in [2.75, 3.05) is 11.9 Å². The van der Waals surface area contributed by atoms with Crippen molar-refractivity contribution >= 4 is 17.3 Å². The SMILES string of the molecule is CN(c1cc(O)cc(-c2cccc(F)c2)c1F)c1c(F)ccc(OC2=NC=C2)c1F. The van der Waals surface area contributed by atoms with Gasteiger partial charge < -0.3 is 14.7 Å². The quantitative estimate of drug-likeness (QED) is 0.558. The molecule has 0 fully saturated rings. The number of benzene rings is 3. The number of halogens is 4. The van der Waals surface area contributed by atoms with Crippen LogP contribution in [0, 0.1) is 23.3 Å². The first-order valence-corrected chi connectivity index (χ1v) is 8.77. The molecule has 1 aliphatic heterocycles. The Balaban J connectivity index is 1.80. The zero-order valence-electron chi connectivity index (χ0n) is 15.5. The highest BCUT2D eigenvalue weighted by atomic mass is 19.1. The van der Waals surface area contributed by atoms with E-state index in [4.69, 9.17) is 4.74 Å². The molecular weight excluding hydrogens is 400 g/mol. The highest BCUT2D eigenvalue weighted by Crippen LogP contribution is 2.40. The highest BCUT2D eigenvalue weighted by Gasteiger charge is 2.24. The van der Waals surface area contributed by atoms with E-state index in [0.717, 1.165) is 35.2 Å². The summed E-state index contributed by atoms with van der Waals surface area (Å²) in [6.45, 7) is 0. The summed E-state index contributed by atoms with van der Waals surface area (Å²) in [4.78, 5) is 4.67. The minimum absolute atomic E-state index is 0.126. The molecule has 0 atom stereocenters. The molecule has 4 nitrogen and oxygen atoms in total. The van der Waals surface area contributed by atoms with E-state index < -0.39 is 29.0 Å². The van der Waals surface area contributed by atoms with E-state index in [-0.39, 0.29) is 34.2 Å². The van der Waals surface area contributed by atoms with Gasteiger partial charge in [0.05, 0.1) is 5.69 Å². The lowest BCUT2D eigenvalue weighted by Crippen LogP contribution is -2.17. The number of phenols is 1. The number of nitrogens with zero attached hydrogens (tertiary/aromatic N) is 2. The van der Waals surface area contributed by atoms with E-state index in [9.17, 15) is 18.3 Å². The molecule has 0 saturated heterocycles. The molecule has 0 bridgehead atoms. The summed E-state index contributed by atoms with van der Waals surface area (Å²) in [5.74, 6) is -4.05. The molecule has 30 heavy (non-hydrogen) atoms. The number of aromatic hydroxyl groups is 1. The maximum Gasteiger partial charge on any atom is 0.220 e. The molecule has 0 aromatic heterocycles. The first kappa shape index (κ1) is 19.5. The van der Waals surface area contributed by atoms with Crippen LogP contribution < -0.4 is 9.64 Å². The van der Waals surface area contributed by atoms with E-state index in [1.54, 1.807) is 0 Å². The van der Waals surface area contributed by atoms with Crippen LogP contribution >= 0.6 is 0 Å². The third kappa shape index (κ3) is 3.47. The summed E-state index contributed by atoms with van der Waals surface area (Å²) in [6, 6.07) is 9.30. The highest BCUT2D eigenvalue weighted by molar-refractivity contribution is 5.94. The van der Waals surface area contributed by atoms with Crippen molar-refractivity contribution in [1.82, 2.24) is 0 Å². The fourth-order valence-corrected chi connectivity index (χ4v) is 3.04. The topological polar surface area (TPSA) is 45.1 Å². The monoisotopic (exact) mass is 414 g/mol. The number of aliphatic imine (C=N–C) groups is 1. The predicted molar refractivity (Wildman–Crippen MR) is 105 cm³/mol. The molecule has 1 heterocycles. The van der Waals surface area contributed by atoms with Gasteiger partial charge in [0.25, 0.3) is 0 Å². The Morgan fingerprint density at radius 3 is 2.40 bits per heavy atom. The standard InChI is InChI=1S/C22H14F4N2O2/c1-28(22-16(24)5-6-18(21(22)26)30-19-7-8-27-19)17-11-14(29)10-15(20(17)25)12-3-2-4-13(23)9-12/h2-11,29H,1H3. The van der Waals surface area contributed by atoms with Gasteiger partial charge in [-0.25, -0.2) is 22.6 Å². The van der Waals surface area contributed by atoms with E-state index >= 15 is 4.39 Å². The molecule has 0 spiro atoms. The fourth-order valence-electron chi connectivity index (χ4n) is 3.04. The molecule has 0 aliphatic carbocycles. The Kier molecular flexibility index (Phi) is 4.91. The molecule has 4 rings (SSSR count).